The van der Waals surface area contributed by atoms with E-state index < -0.39 is 0 Å². The van der Waals surface area contributed by atoms with E-state index in [4.69, 9.17) is 16.3 Å². The minimum atomic E-state index is -0.128. The van der Waals surface area contributed by atoms with Gasteiger partial charge in [0.25, 0.3) is 0 Å². The van der Waals surface area contributed by atoms with Gasteiger partial charge in [-0.15, -0.1) is 0 Å². The van der Waals surface area contributed by atoms with Gasteiger partial charge in [0.05, 0.1) is 41.1 Å². The largest absolute Gasteiger partial charge is 0.372 e. The van der Waals surface area contributed by atoms with Crippen LogP contribution in [0.3, 0.4) is 0 Å². The fraction of sp³-hybridized carbons (Fsp3) is 0.733. The maximum atomic E-state index is 12.6. The Morgan fingerprint density at radius 3 is 2.43 bits per heavy atom. The minimum Gasteiger partial charge on any atom is -0.372 e. The SMILES string of the molecule is Cc1nn(CC(C)C(=O)N2CC(C)OC(C)C2)c(C)c1Cl. The molecular formula is C15H24ClN3O2. The summed E-state index contributed by atoms with van der Waals surface area (Å²) >= 11 is 6.15. The third-order valence-corrected chi connectivity index (χ3v) is 4.44. The van der Waals surface area contributed by atoms with Crippen LogP contribution in [0.15, 0.2) is 0 Å². The molecular weight excluding hydrogens is 290 g/mol. The molecule has 1 aliphatic rings. The fourth-order valence-electron chi connectivity index (χ4n) is 2.86. The summed E-state index contributed by atoms with van der Waals surface area (Å²) in [5, 5.41) is 5.08. The first-order valence-corrected chi connectivity index (χ1v) is 7.81. The summed E-state index contributed by atoms with van der Waals surface area (Å²) in [6.45, 7) is 11.6. The Balaban J connectivity index is 2.04. The van der Waals surface area contributed by atoms with Crippen LogP contribution < -0.4 is 0 Å². The number of aromatic nitrogens is 2. The second kappa shape index (κ2) is 6.36. The van der Waals surface area contributed by atoms with E-state index in [0.29, 0.717) is 24.7 Å². The molecule has 2 heterocycles. The van der Waals surface area contributed by atoms with Crippen molar-refractivity contribution in [1.82, 2.24) is 14.7 Å². The molecule has 6 heteroatoms. The van der Waals surface area contributed by atoms with Gasteiger partial charge in [-0.05, 0) is 27.7 Å². The number of halogens is 1. The Bertz CT molecular complexity index is 519. The molecule has 2 rings (SSSR count). The third kappa shape index (κ3) is 3.58. The molecule has 1 fully saturated rings. The van der Waals surface area contributed by atoms with Gasteiger partial charge >= 0.3 is 0 Å². The van der Waals surface area contributed by atoms with Crippen LogP contribution in [-0.4, -0.2) is 45.9 Å². The Labute approximate surface area is 131 Å². The topological polar surface area (TPSA) is 47.4 Å². The molecule has 1 aliphatic heterocycles. The van der Waals surface area contributed by atoms with Gasteiger partial charge in [-0.3, -0.25) is 9.48 Å². The number of hydrogen-bond acceptors (Lipinski definition) is 3. The van der Waals surface area contributed by atoms with Gasteiger partial charge in [0.1, 0.15) is 0 Å². The first-order chi connectivity index (χ1) is 9.79. The number of ether oxygens (including phenoxy) is 1. The summed E-state index contributed by atoms with van der Waals surface area (Å²) in [4.78, 5) is 14.5. The molecule has 0 saturated carbocycles. The van der Waals surface area contributed by atoms with E-state index in [-0.39, 0.29) is 24.0 Å². The Kier molecular flexibility index (Phi) is 4.94. The molecule has 0 bridgehead atoms. The summed E-state index contributed by atoms with van der Waals surface area (Å²) in [7, 11) is 0. The summed E-state index contributed by atoms with van der Waals surface area (Å²) < 4.78 is 7.50. The number of morpholine rings is 1. The molecule has 0 N–H and O–H groups in total. The lowest BCUT2D eigenvalue weighted by Gasteiger charge is -2.36. The number of carbonyl (C=O) groups is 1. The van der Waals surface area contributed by atoms with Crippen LogP contribution in [0.5, 0.6) is 0 Å². The first-order valence-electron chi connectivity index (χ1n) is 7.43. The Morgan fingerprint density at radius 2 is 1.95 bits per heavy atom. The molecule has 0 radical (unpaired) electrons. The average Bonchev–Trinajstić information content (AvgIpc) is 2.64. The van der Waals surface area contributed by atoms with Gasteiger partial charge in [0, 0.05) is 13.1 Å². The summed E-state index contributed by atoms with van der Waals surface area (Å²) in [5.41, 5.74) is 1.72. The smallest absolute Gasteiger partial charge is 0.227 e. The van der Waals surface area contributed by atoms with Crippen molar-refractivity contribution >= 4 is 17.5 Å². The van der Waals surface area contributed by atoms with Crippen LogP contribution >= 0.6 is 11.6 Å². The number of nitrogens with zero attached hydrogens (tertiary/aromatic N) is 3. The third-order valence-electron chi connectivity index (χ3n) is 3.89. The number of carbonyl (C=O) groups excluding carboxylic acids is 1. The van der Waals surface area contributed by atoms with E-state index in [9.17, 15) is 4.79 Å². The molecule has 1 aromatic rings. The van der Waals surface area contributed by atoms with Crippen LogP contribution in [0.2, 0.25) is 5.02 Å². The van der Waals surface area contributed by atoms with Crippen molar-refractivity contribution in [2.24, 2.45) is 5.92 Å². The normalized spacial score (nSPS) is 24.2. The maximum Gasteiger partial charge on any atom is 0.227 e. The van der Waals surface area contributed by atoms with Crippen molar-refractivity contribution in [3.8, 4) is 0 Å². The number of aryl methyl sites for hydroxylation is 1. The van der Waals surface area contributed by atoms with Crippen LogP contribution in [0.1, 0.15) is 32.2 Å². The molecule has 3 atom stereocenters. The monoisotopic (exact) mass is 313 g/mol. The van der Waals surface area contributed by atoms with Crippen molar-refractivity contribution in [2.45, 2.75) is 53.4 Å². The predicted octanol–water partition coefficient (Wildman–Crippen LogP) is 2.43. The molecule has 0 aliphatic carbocycles. The molecule has 1 aromatic heterocycles. The van der Waals surface area contributed by atoms with E-state index in [2.05, 4.69) is 5.10 Å². The summed E-state index contributed by atoms with van der Waals surface area (Å²) in [5.74, 6) is 0.0252. The van der Waals surface area contributed by atoms with Gasteiger partial charge in [0.15, 0.2) is 0 Å². The highest BCUT2D eigenvalue weighted by atomic mass is 35.5. The van der Waals surface area contributed by atoms with E-state index in [0.717, 1.165) is 11.4 Å². The molecule has 21 heavy (non-hydrogen) atoms. The van der Waals surface area contributed by atoms with Gasteiger partial charge in [-0.25, -0.2) is 0 Å². The average molecular weight is 314 g/mol. The molecule has 0 spiro atoms. The van der Waals surface area contributed by atoms with Crippen molar-refractivity contribution in [3.63, 3.8) is 0 Å². The quantitative estimate of drug-likeness (QED) is 0.861. The predicted molar refractivity (Wildman–Crippen MR) is 82.5 cm³/mol. The Hall–Kier alpha value is -1.07. The Morgan fingerprint density at radius 1 is 1.38 bits per heavy atom. The van der Waals surface area contributed by atoms with E-state index in [1.54, 1.807) is 0 Å². The maximum absolute atomic E-state index is 12.6. The second-order valence-electron chi connectivity index (χ2n) is 6.07. The van der Waals surface area contributed by atoms with Crippen LogP contribution in [0.25, 0.3) is 0 Å². The number of rotatable bonds is 3. The molecule has 118 valence electrons. The van der Waals surface area contributed by atoms with Gasteiger partial charge in [-0.1, -0.05) is 18.5 Å². The zero-order valence-electron chi connectivity index (χ0n) is 13.4. The first kappa shape index (κ1) is 16.3. The highest BCUT2D eigenvalue weighted by molar-refractivity contribution is 6.31. The van der Waals surface area contributed by atoms with E-state index >= 15 is 0 Å². The minimum absolute atomic E-state index is 0.0908. The zero-order chi connectivity index (χ0) is 15.7. The van der Waals surface area contributed by atoms with Crippen molar-refractivity contribution in [2.75, 3.05) is 13.1 Å². The molecule has 3 unspecified atom stereocenters. The highest BCUT2D eigenvalue weighted by Crippen LogP contribution is 2.21. The number of hydrogen-bond donors (Lipinski definition) is 0. The van der Waals surface area contributed by atoms with Crippen molar-refractivity contribution in [1.29, 1.82) is 0 Å². The summed E-state index contributed by atoms with van der Waals surface area (Å²) in [6.07, 6.45) is 0.182. The van der Waals surface area contributed by atoms with Crippen molar-refractivity contribution in [3.05, 3.63) is 16.4 Å². The molecule has 1 amide bonds. The lowest BCUT2D eigenvalue weighted by molar-refractivity contribution is -0.147. The standard InChI is InChI=1S/C15H24ClN3O2/c1-9(6-19-13(5)14(16)12(4)17-19)15(20)18-7-10(2)21-11(3)8-18/h9-11H,6-8H2,1-5H3. The molecule has 1 saturated heterocycles. The lowest BCUT2D eigenvalue weighted by Crippen LogP contribution is -2.50. The van der Waals surface area contributed by atoms with Gasteiger partial charge in [-0.2, -0.15) is 5.10 Å². The fourth-order valence-corrected chi connectivity index (χ4v) is 3.00. The van der Waals surface area contributed by atoms with Gasteiger partial charge in [0.2, 0.25) is 5.91 Å². The lowest BCUT2D eigenvalue weighted by atomic mass is 10.1. The van der Waals surface area contributed by atoms with Crippen LogP contribution in [-0.2, 0) is 16.1 Å². The van der Waals surface area contributed by atoms with E-state index in [1.807, 2.05) is 44.2 Å². The molecule has 0 aromatic carbocycles. The van der Waals surface area contributed by atoms with Crippen LogP contribution in [0, 0.1) is 19.8 Å². The molecule has 5 nitrogen and oxygen atoms in total. The van der Waals surface area contributed by atoms with E-state index in [1.165, 1.54) is 0 Å². The summed E-state index contributed by atoms with van der Waals surface area (Å²) in [6, 6.07) is 0. The highest BCUT2D eigenvalue weighted by Gasteiger charge is 2.29. The van der Waals surface area contributed by atoms with Crippen LogP contribution in [0.4, 0.5) is 0 Å². The van der Waals surface area contributed by atoms with Gasteiger partial charge < -0.3 is 9.64 Å². The van der Waals surface area contributed by atoms with Crippen molar-refractivity contribution < 1.29 is 9.53 Å². The number of amides is 1. The zero-order valence-corrected chi connectivity index (χ0v) is 14.1. The second-order valence-corrected chi connectivity index (χ2v) is 6.45.